The summed E-state index contributed by atoms with van der Waals surface area (Å²) in [6, 6.07) is 2.25. The third kappa shape index (κ3) is 2.82. The molecular weight excluding hydrogens is 224 g/mol. The topological polar surface area (TPSA) is 21.3 Å². The molecule has 2 nitrogen and oxygen atoms in total. The average molecular weight is 243 g/mol. The van der Waals surface area contributed by atoms with Gasteiger partial charge in [0.15, 0.2) is 0 Å². The van der Waals surface area contributed by atoms with E-state index >= 15 is 0 Å². The van der Waals surface area contributed by atoms with E-state index in [9.17, 15) is 8.78 Å². The van der Waals surface area contributed by atoms with Gasteiger partial charge in [-0.05, 0) is 32.0 Å². The summed E-state index contributed by atoms with van der Waals surface area (Å²) in [5, 5.41) is 2.92. The van der Waals surface area contributed by atoms with Crippen molar-refractivity contribution in [2.45, 2.75) is 32.4 Å². The summed E-state index contributed by atoms with van der Waals surface area (Å²) in [5.74, 6) is -1.04. The second-order valence-electron chi connectivity index (χ2n) is 4.04. The maximum absolute atomic E-state index is 14.0. The molecule has 0 aromatic heterocycles. The van der Waals surface area contributed by atoms with Crippen LogP contribution in [-0.4, -0.2) is 20.3 Å². The number of ether oxygens (including phenoxy) is 1. The quantitative estimate of drug-likeness (QED) is 0.858. The highest BCUT2D eigenvalue weighted by Gasteiger charge is 2.26. The Kier molecular flexibility index (Phi) is 5.02. The maximum atomic E-state index is 14.0. The van der Waals surface area contributed by atoms with Crippen molar-refractivity contribution in [1.82, 2.24) is 5.32 Å². The van der Waals surface area contributed by atoms with Crippen molar-refractivity contribution < 1.29 is 13.5 Å². The van der Waals surface area contributed by atoms with Crippen molar-refractivity contribution in [2.24, 2.45) is 0 Å². The highest BCUT2D eigenvalue weighted by Crippen LogP contribution is 2.27. The maximum Gasteiger partial charge on any atom is 0.133 e. The monoisotopic (exact) mass is 243 g/mol. The van der Waals surface area contributed by atoms with Gasteiger partial charge in [0, 0.05) is 12.7 Å². The van der Waals surface area contributed by atoms with E-state index in [4.69, 9.17) is 4.74 Å². The van der Waals surface area contributed by atoms with Crippen LogP contribution in [0, 0.1) is 18.6 Å². The van der Waals surface area contributed by atoms with E-state index in [0.717, 1.165) is 0 Å². The van der Waals surface area contributed by atoms with Gasteiger partial charge in [0.25, 0.3) is 0 Å². The molecule has 2 atom stereocenters. The molecule has 0 aliphatic rings. The molecular formula is C13H19F2NO. The Hall–Kier alpha value is -1.00. The Balaban J connectivity index is 3.24. The molecule has 1 aromatic carbocycles. The third-order valence-corrected chi connectivity index (χ3v) is 3.02. The van der Waals surface area contributed by atoms with E-state index in [0.29, 0.717) is 12.0 Å². The molecule has 4 heteroatoms. The SMILES string of the molecule is CCC(OC)C(NC)c1c(F)ccc(C)c1F. The number of methoxy groups -OCH3 is 1. The van der Waals surface area contributed by atoms with Gasteiger partial charge in [-0.3, -0.25) is 0 Å². The fraction of sp³-hybridized carbons (Fsp3) is 0.538. The Morgan fingerprint density at radius 2 is 2.00 bits per heavy atom. The minimum absolute atomic E-state index is 0.0567. The molecule has 0 saturated carbocycles. The van der Waals surface area contributed by atoms with Crippen molar-refractivity contribution in [3.05, 3.63) is 34.9 Å². The van der Waals surface area contributed by atoms with Crippen LogP contribution in [0.5, 0.6) is 0 Å². The van der Waals surface area contributed by atoms with Crippen LogP contribution in [0.15, 0.2) is 12.1 Å². The lowest BCUT2D eigenvalue weighted by molar-refractivity contribution is 0.0652. The van der Waals surface area contributed by atoms with E-state index in [-0.39, 0.29) is 11.7 Å². The van der Waals surface area contributed by atoms with Crippen molar-refractivity contribution in [3.8, 4) is 0 Å². The van der Waals surface area contributed by atoms with Gasteiger partial charge in [0.1, 0.15) is 11.6 Å². The first-order valence-corrected chi connectivity index (χ1v) is 5.71. The van der Waals surface area contributed by atoms with Crippen LogP contribution in [-0.2, 0) is 4.74 Å². The number of hydrogen-bond acceptors (Lipinski definition) is 2. The molecule has 0 amide bonds. The zero-order chi connectivity index (χ0) is 13.0. The molecule has 0 fully saturated rings. The van der Waals surface area contributed by atoms with Crippen LogP contribution in [0.2, 0.25) is 0 Å². The average Bonchev–Trinajstić information content (AvgIpc) is 2.33. The summed E-state index contributed by atoms with van der Waals surface area (Å²) in [6.07, 6.45) is 0.417. The lowest BCUT2D eigenvalue weighted by Gasteiger charge is -2.26. The largest absolute Gasteiger partial charge is 0.379 e. The predicted molar refractivity (Wildman–Crippen MR) is 64.0 cm³/mol. The van der Waals surface area contributed by atoms with Gasteiger partial charge < -0.3 is 10.1 Å². The normalized spacial score (nSPS) is 14.7. The third-order valence-electron chi connectivity index (χ3n) is 3.02. The van der Waals surface area contributed by atoms with E-state index in [1.165, 1.54) is 12.1 Å². The van der Waals surface area contributed by atoms with Crippen LogP contribution < -0.4 is 5.32 Å². The van der Waals surface area contributed by atoms with E-state index < -0.39 is 17.7 Å². The second-order valence-corrected chi connectivity index (χ2v) is 4.04. The van der Waals surface area contributed by atoms with Gasteiger partial charge in [-0.15, -0.1) is 0 Å². The molecule has 0 bridgehead atoms. The summed E-state index contributed by atoms with van der Waals surface area (Å²) in [4.78, 5) is 0. The van der Waals surface area contributed by atoms with Gasteiger partial charge in [-0.25, -0.2) is 8.78 Å². The first-order valence-electron chi connectivity index (χ1n) is 5.71. The number of rotatable bonds is 5. The number of likely N-dealkylation sites (N-methyl/N-ethyl adjacent to an activating group) is 1. The van der Waals surface area contributed by atoms with Crippen LogP contribution in [0.4, 0.5) is 8.78 Å². The summed E-state index contributed by atoms with van der Waals surface area (Å²) in [6.45, 7) is 3.54. The predicted octanol–water partition coefficient (Wildman–Crippen LogP) is 2.96. The first kappa shape index (κ1) is 14.1. The Labute approximate surface area is 101 Å². The fourth-order valence-electron chi connectivity index (χ4n) is 2.02. The van der Waals surface area contributed by atoms with Crippen molar-refractivity contribution in [3.63, 3.8) is 0 Å². The molecule has 0 spiro atoms. The van der Waals surface area contributed by atoms with E-state index in [1.807, 2.05) is 6.92 Å². The molecule has 1 aromatic rings. The second kappa shape index (κ2) is 6.07. The number of aryl methyl sites for hydroxylation is 1. The fourth-order valence-corrected chi connectivity index (χ4v) is 2.02. The first-order chi connectivity index (χ1) is 8.06. The van der Waals surface area contributed by atoms with Crippen LogP contribution in [0.25, 0.3) is 0 Å². The number of hydrogen-bond donors (Lipinski definition) is 1. The number of benzene rings is 1. The van der Waals surface area contributed by atoms with E-state index in [2.05, 4.69) is 5.32 Å². The Bertz CT molecular complexity index is 378. The number of nitrogens with one attached hydrogen (secondary N) is 1. The minimum Gasteiger partial charge on any atom is -0.379 e. The molecule has 17 heavy (non-hydrogen) atoms. The molecule has 0 radical (unpaired) electrons. The zero-order valence-electron chi connectivity index (χ0n) is 10.7. The highest BCUT2D eigenvalue weighted by molar-refractivity contribution is 5.30. The van der Waals surface area contributed by atoms with Crippen LogP contribution >= 0.6 is 0 Å². The molecule has 0 aliphatic carbocycles. The summed E-state index contributed by atoms with van der Waals surface area (Å²) < 4.78 is 33.0. The summed E-state index contributed by atoms with van der Waals surface area (Å²) >= 11 is 0. The van der Waals surface area contributed by atoms with Gasteiger partial charge in [-0.2, -0.15) is 0 Å². The molecule has 0 heterocycles. The zero-order valence-corrected chi connectivity index (χ0v) is 10.7. The van der Waals surface area contributed by atoms with Gasteiger partial charge in [0.05, 0.1) is 12.1 Å². The van der Waals surface area contributed by atoms with Gasteiger partial charge in [0.2, 0.25) is 0 Å². The molecule has 0 saturated heterocycles. The molecule has 2 unspecified atom stereocenters. The molecule has 1 rings (SSSR count). The van der Waals surface area contributed by atoms with Gasteiger partial charge in [-0.1, -0.05) is 13.0 Å². The van der Waals surface area contributed by atoms with Crippen molar-refractivity contribution >= 4 is 0 Å². The van der Waals surface area contributed by atoms with Crippen LogP contribution in [0.3, 0.4) is 0 Å². The number of halogens is 2. The Morgan fingerprint density at radius 3 is 2.47 bits per heavy atom. The standard InChI is InChI=1S/C13H19F2NO/c1-5-10(17-4)13(16-3)11-9(14)7-6-8(2)12(11)15/h6-7,10,13,16H,5H2,1-4H3. The lowest BCUT2D eigenvalue weighted by Crippen LogP contribution is -2.32. The minimum atomic E-state index is -0.539. The Morgan fingerprint density at radius 1 is 1.35 bits per heavy atom. The summed E-state index contributed by atoms with van der Waals surface area (Å²) in [7, 11) is 3.22. The van der Waals surface area contributed by atoms with Gasteiger partial charge >= 0.3 is 0 Å². The van der Waals surface area contributed by atoms with Crippen LogP contribution in [0.1, 0.15) is 30.5 Å². The molecule has 1 N–H and O–H groups in total. The van der Waals surface area contributed by atoms with E-state index in [1.54, 1.807) is 21.1 Å². The van der Waals surface area contributed by atoms with Crippen molar-refractivity contribution in [2.75, 3.05) is 14.2 Å². The lowest BCUT2D eigenvalue weighted by atomic mass is 9.96. The smallest absolute Gasteiger partial charge is 0.133 e. The highest BCUT2D eigenvalue weighted by atomic mass is 19.1. The van der Waals surface area contributed by atoms with Crippen molar-refractivity contribution in [1.29, 1.82) is 0 Å². The summed E-state index contributed by atoms with van der Waals surface area (Å²) in [5.41, 5.74) is 0.494. The molecule has 96 valence electrons. The molecule has 0 aliphatic heterocycles.